The Morgan fingerprint density at radius 1 is 1.25 bits per heavy atom. The maximum Gasteiger partial charge on any atom is 0.191 e. The molecule has 5 nitrogen and oxygen atoms in total. The van der Waals surface area contributed by atoms with Gasteiger partial charge in [0.2, 0.25) is 0 Å². The van der Waals surface area contributed by atoms with Crippen LogP contribution >= 0.6 is 46.9 Å². The summed E-state index contributed by atoms with van der Waals surface area (Å²) in [4.78, 5) is 7.81. The highest BCUT2D eigenvalue weighted by Gasteiger charge is 2.11. The van der Waals surface area contributed by atoms with Gasteiger partial charge in [-0.25, -0.2) is 4.99 Å². The Bertz CT molecular complexity index is 803. The van der Waals surface area contributed by atoms with Crippen LogP contribution in [0.5, 0.6) is 0 Å². The topological polar surface area (TPSA) is 59.9 Å². The van der Waals surface area contributed by atoms with Gasteiger partial charge in [-0.05, 0) is 36.8 Å². The molecule has 1 atom stereocenters. The third-order valence-corrected chi connectivity index (χ3v) is 5.58. The predicted octanol–water partition coefficient (Wildman–Crippen LogP) is 4.18. The van der Waals surface area contributed by atoms with E-state index in [1.165, 1.54) is 17.0 Å². The first-order chi connectivity index (χ1) is 13.2. The number of guanidine groups is 1. The first-order valence-corrected chi connectivity index (χ1v) is 10.3. The fourth-order valence-corrected chi connectivity index (χ4v) is 3.90. The average molecular weight is 533 g/mol. The molecule has 0 aliphatic carbocycles. The summed E-state index contributed by atoms with van der Waals surface area (Å²) in [6, 6.07) is 12.1. The van der Waals surface area contributed by atoms with E-state index in [1.54, 1.807) is 6.07 Å². The molecule has 0 bridgehead atoms. The van der Waals surface area contributed by atoms with Crippen LogP contribution in [0.25, 0.3) is 0 Å². The fourth-order valence-electron chi connectivity index (χ4n) is 2.85. The molecular formula is C20H26ClIN4OS. The van der Waals surface area contributed by atoms with Crippen LogP contribution < -0.4 is 15.5 Å². The van der Waals surface area contributed by atoms with Crippen molar-refractivity contribution in [3.05, 3.63) is 63.3 Å². The molecule has 28 heavy (non-hydrogen) atoms. The largest absolute Gasteiger partial charge is 0.386 e. The minimum Gasteiger partial charge on any atom is -0.386 e. The van der Waals surface area contributed by atoms with Gasteiger partial charge < -0.3 is 20.6 Å². The Morgan fingerprint density at radius 2 is 2.04 bits per heavy atom. The van der Waals surface area contributed by atoms with Crippen molar-refractivity contribution in [2.75, 3.05) is 31.1 Å². The molecule has 1 aromatic carbocycles. The van der Waals surface area contributed by atoms with Gasteiger partial charge in [-0.2, -0.15) is 0 Å². The minimum atomic E-state index is -0.614. The molecule has 0 amide bonds. The van der Waals surface area contributed by atoms with E-state index in [4.69, 9.17) is 11.6 Å². The molecule has 1 aromatic heterocycles. The van der Waals surface area contributed by atoms with E-state index in [0.717, 1.165) is 30.1 Å². The summed E-state index contributed by atoms with van der Waals surface area (Å²) in [5.74, 6) is 0.687. The fraction of sp³-hybridized carbons (Fsp3) is 0.350. The molecular weight excluding hydrogens is 507 g/mol. The highest BCUT2D eigenvalue weighted by Crippen LogP contribution is 2.26. The van der Waals surface area contributed by atoms with E-state index in [-0.39, 0.29) is 24.0 Å². The highest BCUT2D eigenvalue weighted by atomic mass is 127. The average Bonchev–Trinajstić information content (AvgIpc) is 3.36. The second-order valence-corrected chi connectivity index (χ2v) is 8.03. The molecule has 1 unspecified atom stereocenters. The zero-order valence-corrected chi connectivity index (χ0v) is 19.7. The summed E-state index contributed by atoms with van der Waals surface area (Å²) in [5, 5.41) is 16.7. The molecule has 0 radical (unpaired) electrons. The lowest BCUT2D eigenvalue weighted by molar-refractivity contribution is 0.184. The number of hydrogen-bond donors (Lipinski definition) is 3. The van der Waals surface area contributed by atoms with Gasteiger partial charge in [-0.15, -0.1) is 35.3 Å². The van der Waals surface area contributed by atoms with Crippen LogP contribution in [0.2, 0.25) is 4.34 Å². The summed E-state index contributed by atoms with van der Waals surface area (Å²) in [5.41, 5.74) is 2.37. The number of rotatable bonds is 7. The van der Waals surface area contributed by atoms with Gasteiger partial charge in [0, 0.05) is 36.7 Å². The van der Waals surface area contributed by atoms with Gasteiger partial charge in [0.15, 0.2) is 5.96 Å². The number of nitrogens with one attached hydrogen (secondary N) is 2. The molecule has 0 spiro atoms. The van der Waals surface area contributed by atoms with Crippen LogP contribution in [0.3, 0.4) is 0 Å². The number of thiophene rings is 1. The number of aliphatic hydroxyl groups excluding tert-OH is 1. The van der Waals surface area contributed by atoms with Crippen LogP contribution in [0.1, 0.15) is 23.5 Å². The summed E-state index contributed by atoms with van der Waals surface area (Å²) in [6.07, 6.45) is 3.76. The molecule has 3 rings (SSSR count). The monoisotopic (exact) mass is 532 g/mol. The van der Waals surface area contributed by atoms with Gasteiger partial charge in [-0.1, -0.05) is 35.9 Å². The van der Waals surface area contributed by atoms with Crippen molar-refractivity contribution in [3.8, 4) is 0 Å². The van der Waals surface area contributed by atoms with Crippen LogP contribution in [0, 0.1) is 0 Å². The van der Waals surface area contributed by atoms with Gasteiger partial charge in [-0.3, -0.25) is 0 Å². The number of anilines is 1. The zero-order valence-electron chi connectivity index (χ0n) is 15.8. The lowest BCUT2D eigenvalue weighted by Gasteiger charge is -2.18. The number of nitrogens with zero attached hydrogens (tertiary/aromatic N) is 2. The predicted molar refractivity (Wildman–Crippen MR) is 130 cm³/mol. The van der Waals surface area contributed by atoms with Crippen LogP contribution in [0.4, 0.5) is 5.69 Å². The molecule has 8 heteroatoms. The number of aliphatic imine (C=N–C) groups is 1. The Morgan fingerprint density at radius 3 is 2.71 bits per heavy atom. The van der Waals surface area contributed by atoms with Crippen molar-refractivity contribution >= 4 is 58.6 Å². The maximum atomic E-state index is 10.3. The van der Waals surface area contributed by atoms with Gasteiger partial charge in [0.1, 0.15) is 6.10 Å². The summed E-state index contributed by atoms with van der Waals surface area (Å²) in [7, 11) is 0. The SMILES string of the molecule is CCNC(=NCc1cccc(N2CC=CC2)c1)NCC(O)c1ccc(Cl)s1.I. The van der Waals surface area contributed by atoms with Gasteiger partial charge >= 0.3 is 0 Å². The van der Waals surface area contributed by atoms with Crippen molar-refractivity contribution in [3.63, 3.8) is 0 Å². The van der Waals surface area contributed by atoms with E-state index in [1.807, 2.05) is 13.0 Å². The standard InChI is InChI=1S/C20H25ClN4OS.HI/c1-2-22-20(24-14-17(26)18-8-9-19(21)27-18)23-13-15-6-5-7-16(12-15)25-10-3-4-11-25;/h3-9,12,17,26H,2,10-11,13-14H2,1H3,(H2,22,23,24);1H. The molecule has 3 N–H and O–H groups in total. The summed E-state index contributed by atoms with van der Waals surface area (Å²) in [6.45, 7) is 5.65. The van der Waals surface area contributed by atoms with Gasteiger partial charge in [0.25, 0.3) is 0 Å². The van der Waals surface area contributed by atoms with Gasteiger partial charge in [0.05, 0.1) is 10.9 Å². The Balaban J connectivity index is 0.00000280. The first kappa shape index (κ1) is 23.0. The van der Waals surface area contributed by atoms with E-state index < -0.39 is 6.10 Å². The molecule has 2 aromatic rings. The van der Waals surface area contributed by atoms with Crippen LogP contribution in [-0.2, 0) is 6.54 Å². The van der Waals surface area contributed by atoms with Crippen molar-refractivity contribution in [1.82, 2.24) is 10.6 Å². The lowest BCUT2D eigenvalue weighted by atomic mass is 10.2. The number of aliphatic hydroxyl groups is 1. The Kier molecular flexibility index (Phi) is 9.57. The number of benzene rings is 1. The molecule has 0 fully saturated rings. The maximum absolute atomic E-state index is 10.3. The third-order valence-electron chi connectivity index (χ3n) is 4.24. The molecule has 0 saturated carbocycles. The zero-order chi connectivity index (χ0) is 19.1. The highest BCUT2D eigenvalue weighted by molar-refractivity contribution is 14.0. The van der Waals surface area contributed by atoms with Crippen molar-refractivity contribution in [1.29, 1.82) is 0 Å². The van der Waals surface area contributed by atoms with Crippen molar-refractivity contribution < 1.29 is 5.11 Å². The smallest absolute Gasteiger partial charge is 0.191 e. The lowest BCUT2D eigenvalue weighted by Crippen LogP contribution is -2.39. The summed E-state index contributed by atoms with van der Waals surface area (Å²) >= 11 is 7.33. The number of hydrogen-bond acceptors (Lipinski definition) is 4. The van der Waals surface area contributed by atoms with E-state index in [0.29, 0.717) is 23.4 Å². The van der Waals surface area contributed by atoms with E-state index >= 15 is 0 Å². The van der Waals surface area contributed by atoms with Crippen molar-refractivity contribution in [2.45, 2.75) is 19.6 Å². The van der Waals surface area contributed by atoms with Crippen LogP contribution in [0.15, 0.2) is 53.5 Å². The second kappa shape index (κ2) is 11.6. The van der Waals surface area contributed by atoms with E-state index in [9.17, 15) is 5.11 Å². The summed E-state index contributed by atoms with van der Waals surface area (Å²) < 4.78 is 0.678. The molecule has 1 aliphatic rings. The normalized spacial score (nSPS) is 14.7. The number of halogens is 2. The Labute approximate surface area is 192 Å². The molecule has 152 valence electrons. The van der Waals surface area contributed by atoms with Crippen molar-refractivity contribution in [2.24, 2.45) is 4.99 Å². The minimum absolute atomic E-state index is 0. The molecule has 2 heterocycles. The third kappa shape index (κ3) is 6.65. The second-order valence-electron chi connectivity index (χ2n) is 6.28. The van der Waals surface area contributed by atoms with E-state index in [2.05, 4.69) is 56.9 Å². The molecule has 1 aliphatic heterocycles. The van der Waals surface area contributed by atoms with Crippen LogP contribution in [-0.4, -0.2) is 37.2 Å². The molecule has 0 saturated heterocycles. The quantitative estimate of drug-likeness (QED) is 0.217. The Hall–Kier alpha value is -1.29. The first-order valence-electron chi connectivity index (χ1n) is 9.10.